The minimum Gasteiger partial charge on any atom is -0.480 e. The maximum atomic E-state index is 12.2. The number of carbonyl (C=O) groups is 3. The molecule has 2 atom stereocenters. The SMILES string of the molecule is CCC=CCC=CCC=CCC=CCC=CCCCC(=O)NCCCCC(NC(=O)CCCCC1CCSS1)C(=O)O. The molecule has 1 rings (SSSR count). The molecule has 0 saturated carbocycles. The summed E-state index contributed by atoms with van der Waals surface area (Å²) in [5.41, 5.74) is 0. The number of hydrogen-bond donors (Lipinski definition) is 3. The maximum Gasteiger partial charge on any atom is 0.326 e. The zero-order valence-electron chi connectivity index (χ0n) is 25.6. The van der Waals surface area contributed by atoms with Gasteiger partial charge in [-0.15, -0.1) is 0 Å². The van der Waals surface area contributed by atoms with Crippen LogP contribution in [0.4, 0.5) is 0 Å². The quantitative estimate of drug-likeness (QED) is 0.0540. The van der Waals surface area contributed by atoms with Crippen LogP contribution in [0.25, 0.3) is 0 Å². The summed E-state index contributed by atoms with van der Waals surface area (Å²) in [4.78, 5) is 35.8. The Labute approximate surface area is 262 Å². The Morgan fingerprint density at radius 2 is 1.40 bits per heavy atom. The van der Waals surface area contributed by atoms with Crippen LogP contribution in [0, 0.1) is 0 Å². The van der Waals surface area contributed by atoms with Crippen molar-refractivity contribution in [2.45, 2.75) is 121 Å². The number of aliphatic carboxylic acids is 1. The number of rotatable bonds is 25. The number of amides is 2. The van der Waals surface area contributed by atoms with Gasteiger partial charge in [0.2, 0.25) is 11.8 Å². The molecule has 1 fully saturated rings. The van der Waals surface area contributed by atoms with Crippen LogP contribution in [-0.2, 0) is 14.4 Å². The zero-order chi connectivity index (χ0) is 30.5. The summed E-state index contributed by atoms with van der Waals surface area (Å²) in [6, 6.07) is -0.863. The van der Waals surface area contributed by atoms with Crippen molar-refractivity contribution in [1.29, 1.82) is 0 Å². The second-order valence-electron chi connectivity index (χ2n) is 10.5. The van der Waals surface area contributed by atoms with Crippen molar-refractivity contribution in [3.05, 3.63) is 60.8 Å². The van der Waals surface area contributed by atoms with Gasteiger partial charge in [0.05, 0.1) is 0 Å². The Kier molecular flexibility index (Phi) is 24.9. The molecular formula is C34H54N2O4S2. The number of allylic oxidation sites excluding steroid dienone is 10. The number of nitrogens with one attached hydrogen (secondary N) is 2. The predicted molar refractivity (Wildman–Crippen MR) is 182 cm³/mol. The molecule has 0 spiro atoms. The van der Waals surface area contributed by atoms with Crippen LogP contribution in [0.5, 0.6) is 0 Å². The third-order valence-corrected chi connectivity index (χ3v) is 9.72. The molecule has 0 bridgehead atoms. The fourth-order valence-electron chi connectivity index (χ4n) is 4.28. The molecule has 3 N–H and O–H groups in total. The van der Waals surface area contributed by atoms with E-state index in [0.717, 1.165) is 64.2 Å². The molecule has 6 nitrogen and oxygen atoms in total. The van der Waals surface area contributed by atoms with Crippen LogP contribution >= 0.6 is 21.6 Å². The Balaban J connectivity index is 1.99. The van der Waals surface area contributed by atoms with Crippen molar-refractivity contribution in [1.82, 2.24) is 10.6 Å². The minimum atomic E-state index is -0.998. The van der Waals surface area contributed by atoms with Crippen LogP contribution in [0.2, 0.25) is 0 Å². The first-order chi connectivity index (χ1) is 20.5. The van der Waals surface area contributed by atoms with Gasteiger partial charge in [-0.25, -0.2) is 4.79 Å². The van der Waals surface area contributed by atoms with E-state index in [9.17, 15) is 19.5 Å². The summed E-state index contributed by atoms with van der Waals surface area (Å²) in [5.74, 6) is 0.0597. The van der Waals surface area contributed by atoms with Crippen molar-refractivity contribution in [2.75, 3.05) is 12.3 Å². The van der Waals surface area contributed by atoms with Crippen LogP contribution < -0.4 is 10.6 Å². The number of hydrogen-bond acceptors (Lipinski definition) is 5. The molecule has 1 saturated heterocycles. The molecule has 236 valence electrons. The highest BCUT2D eigenvalue weighted by Gasteiger charge is 2.20. The highest BCUT2D eigenvalue weighted by Crippen LogP contribution is 2.39. The molecule has 1 aliphatic heterocycles. The van der Waals surface area contributed by atoms with Gasteiger partial charge in [0.15, 0.2) is 0 Å². The first-order valence-electron chi connectivity index (χ1n) is 15.8. The molecule has 2 amide bonds. The number of carboxylic acid groups (broad SMARTS) is 1. The van der Waals surface area contributed by atoms with Crippen molar-refractivity contribution in [3.63, 3.8) is 0 Å². The molecular weight excluding hydrogens is 565 g/mol. The Hall–Kier alpha value is -2.19. The highest BCUT2D eigenvalue weighted by atomic mass is 33.1. The molecule has 0 aromatic heterocycles. The van der Waals surface area contributed by atoms with E-state index in [1.54, 1.807) is 0 Å². The van der Waals surface area contributed by atoms with E-state index >= 15 is 0 Å². The standard InChI is InChI=1S/C34H54N2O4S2/c1-2-3-4-5-6-7-8-9-10-11-12-13-14-15-16-17-18-25-32(37)35-28-22-21-24-31(34(39)40)36-33(38)26-20-19-23-30-27-29-41-42-30/h3-4,6-7,9-10,12-13,15-16,30-31H,2,5,8,11,14,17-29H2,1H3,(H,35,37)(H,36,38)(H,39,40). The third-order valence-electron chi connectivity index (χ3n) is 6.71. The molecule has 0 aliphatic carbocycles. The summed E-state index contributed by atoms with van der Waals surface area (Å²) in [6.07, 6.45) is 35.1. The Morgan fingerprint density at radius 3 is 2.00 bits per heavy atom. The summed E-state index contributed by atoms with van der Waals surface area (Å²) < 4.78 is 0. The van der Waals surface area contributed by atoms with E-state index in [-0.39, 0.29) is 11.8 Å². The normalized spacial score (nSPS) is 16.5. The van der Waals surface area contributed by atoms with Gasteiger partial charge in [0, 0.05) is 30.4 Å². The average Bonchev–Trinajstić information content (AvgIpc) is 3.49. The summed E-state index contributed by atoms with van der Waals surface area (Å²) in [7, 11) is 3.87. The second kappa shape index (κ2) is 27.6. The number of unbranched alkanes of at least 4 members (excludes halogenated alkanes) is 3. The van der Waals surface area contributed by atoms with Crippen molar-refractivity contribution in [2.24, 2.45) is 0 Å². The summed E-state index contributed by atoms with van der Waals surface area (Å²) in [6.45, 7) is 2.67. The van der Waals surface area contributed by atoms with E-state index in [0.29, 0.717) is 43.9 Å². The van der Waals surface area contributed by atoms with Gasteiger partial charge in [-0.1, -0.05) is 95.7 Å². The van der Waals surface area contributed by atoms with Crippen molar-refractivity contribution in [3.8, 4) is 0 Å². The second-order valence-corrected chi connectivity index (χ2v) is 13.3. The van der Waals surface area contributed by atoms with E-state index in [1.807, 2.05) is 21.6 Å². The van der Waals surface area contributed by atoms with E-state index < -0.39 is 12.0 Å². The smallest absolute Gasteiger partial charge is 0.326 e. The van der Waals surface area contributed by atoms with E-state index in [1.165, 1.54) is 12.2 Å². The highest BCUT2D eigenvalue weighted by molar-refractivity contribution is 8.77. The molecule has 0 aromatic carbocycles. The number of carbonyl (C=O) groups excluding carboxylic acids is 2. The number of carboxylic acids is 1. The van der Waals surface area contributed by atoms with E-state index in [2.05, 4.69) is 78.3 Å². The topological polar surface area (TPSA) is 95.5 Å². The van der Waals surface area contributed by atoms with Gasteiger partial charge in [0.1, 0.15) is 6.04 Å². The lowest BCUT2D eigenvalue weighted by molar-refractivity contribution is -0.142. The minimum absolute atomic E-state index is 0.0278. The average molecular weight is 619 g/mol. The Bertz CT molecular complexity index is 877. The maximum absolute atomic E-state index is 12.2. The molecule has 8 heteroatoms. The molecule has 0 radical (unpaired) electrons. The summed E-state index contributed by atoms with van der Waals surface area (Å²) >= 11 is 0. The predicted octanol–water partition coefficient (Wildman–Crippen LogP) is 8.48. The first kappa shape index (κ1) is 37.8. The fraction of sp³-hybridized carbons (Fsp3) is 0.618. The van der Waals surface area contributed by atoms with Crippen molar-refractivity contribution < 1.29 is 19.5 Å². The first-order valence-corrected chi connectivity index (χ1v) is 18.2. The third kappa shape index (κ3) is 23.4. The largest absolute Gasteiger partial charge is 0.480 e. The van der Waals surface area contributed by atoms with Crippen LogP contribution in [-0.4, -0.2) is 46.5 Å². The van der Waals surface area contributed by atoms with Gasteiger partial charge < -0.3 is 15.7 Å². The Morgan fingerprint density at radius 1 is 0.786 bits per heavy atom. The lowest BCUT2D eigenvalue weighted by atomic mass is 10.1. The molecule has 1 aliphatic rings. The summed E-state index contributed by atoms with van der Waals surface area (Å²) in [5, 5.41) is 15.7. The molecule has 42 heavy (non-hydrogen) atoms. The fourth-order valence-corrected chi connectivity index (χ4v) is 7.31. The van der Waals surface area contributed by atoms with Gasteiger partial charge in [-0.3, -0.25) is 9.59 Å². The van der Waals surface area contributed by atoms with Crippen molar-refractivity contribution >= 4 is 39.4 Å². The van der Waals surface area contributed by atoms with Gasteiger partial charge in [0.25, 0.3) is 0 Å². The monoisotopic (exact) mass is 618 g/mol. The van der Waals surface area contributed by atoms with Gasteiger partial charge in [-0.2, -0.15) is 0 Å². The zero-order valence-corrected chi connectivity index (χ0v) is 27.3. The van der Waals surface area contributed by atoms with E-state index in [4.69, 9.17) is 0 Å². The van der Waals surface area contributed by atoms with Crippen LogP contribution in [0.1, 0.15) is 110 Å². The molecule has 1 heterocycles. The van der Waals surface area contributed by atoms with Gasteiger partial charge >= 0.3 is 5.97 Å². The molecule has 0 aromatic rings. The van der Waals surface area contributed by atoms with Gasteiger partial charge in [-0.05, 0) is 83.5 Å². The molecule has 2 unspecified atom stereocenters. The lowest BCUT2D eigenvalue weighted by Crippen LogP contribution is -2.40. The lowest BCUT2D eigenvalue weighted by Gasteiger charge is -2.15. The van der Waals surface area contributed by atoms with Crippen LogP contribution in [0.15, 0.2) is 60.8 Å². The van der Waals surface area contributed by atoms with Crippen LogP contribution in [0.3, 0.4) is 0 Å².